The van der Waals surface area contributed by atoms with Crippen molar-refractivity contribution >= 4 is 0 Å². The second-order valence-electron chi connectivity index (χ2n) is 5.31. The third-order valence-electron chi connectivity index (χ3n) is 3.73. The Morgan fingerprint density at radius 2 is 1.95 bits per heavy atom. The maximum atomic E-state index is 5.35. The van der Waals surface area contributed by atoms with Gasteiger partial charge in [0.25, 0.3) is 0 Å². The second-order valence-corrected chi connectivity index (χ2v) is 5.31. The number of methoxy groups -OCH3 is 1. The molecule has 0 atom stereocenters. The van der Waals surface area contributed by atoms with Gasteiger partial charge >= 0.3 is 0 Å². The van der Waals surface area contributed by atoms with Crippen molar-refractivity contribution in [3.05, 3.63) is 40.5 Å². The van der Waals surface area contributed by atoms with Crippen LogP contribution >= 0.6 is 0 Å². The van der Waals surface area contributed by atoms with E-state index in [0.717, 1.165) is 24.5 Å². The van der Waals surface area contributed by atoms with Crippen molar-refractivity contribution in [2.45, 2.75) is 40.3 Å². The Labute approximate surface area is 125 Å². The van der Waals surface area contributed by atoms with Gasteiger partial charge in [-0.1, -0.05) is 18.1 Å². The predicted octanol–water partition coefficient (Wildman–Crippen LogP) is 2.89. The van der Waals surface area contributed by atoms with Crippen LogP contribution in [0.3, 0.4) is 0 Å². The Morgan fingerprint density at radius 3 is 2.57 bits per heavy atom. The molecule has 0 amide bonds. The molecular weight excluding hydrogens is 266 g/mol. The summed E-state index contributed by atoms with van der Waals surface area (Å²) < 4.78 is 10.5. The molecule has 2 rings (SSSR count). The summed E-state index contributed by atoms with van der Waals surface area (Å²) >= 11 is 0. The molecule has 0 aliphatic carbocycles. The van der Waals surface area contributed by atoms with E-state index in [1.165, 1.54) is 16.7 Å². The SMILES string of the molecule is CCc1nc(CN(C)Cc2ccc(OC)c(C)c2C)no1. The molecule has 1 aromatic carbocycles. The number of ether oxygens (including phenoxy) is 1. The highest BCUT2D eigenvalue weighted by Crippen LogP contribution is 2.24. The molecule has 0 unspecified atom stereocenters. The zero-order chi connectivity index (χ0) is 15.4. The number of benzene rings is 1. The number of hydrogen-bond acceptors (Lipinski definition) is 5. The minimum Gasteiger partial charge on any atom is -0.496 e. The van der Waals surface area contributed by atoms with Crippen LogP contribution in [-0.2, 0) is 19.5 Å². The van der Waals surface area contributed by atoms with Gasteiger partial charge in [0.1, 0.15) is 5.75 Å². The molecule has 0 spiro atoms. The number of nitrogens with zero attached hydrogens (tertiary/aromatic N) is 3. The lowest BCUT2D eigenvalue weighted by atomic mass is 10.0. The first-order valence-corrected chi connectivity index (χ1v) is 7.18. The third kappa shape index (κ3) is 3.61. The molecule has 0 aliphatic rings. The van der Waals surface area contributed by atoms with Gasteiger partial charge in [-0.3, -0.25) is 4.90 Å². The lowest BCUT2D eigenvalue weighted by molar-refractivity contribution is 0.299. The first-order valence-electron chi connectivity index (χ1n) is 7.18. The van der Waals surface area contributed by atoms with Crippen LogP contribution in [0.4, 0.5) is 0 Å². The fourth-order valence-electron chi connectivity index (χ4n) is 2.33. The standard InChI is InChI=1S/C16H23N3O2/c1-6-16-17-15(18-21-16)10-19(4)9-13-7-8-14(20-5)12(3)11(13)2/h7-8H,6,9-10H2,1-5H3. The van der Waals surface area contributed by atoms with E-state index in [2.05, 4.69) is 42.0 Å². The minimum atomic E-state index is 0.675. The topological polar surface area (TPSA) is 51.4 Å². The summed E-state index contributed by atoms with van der Waals surface area (Å²) in [4.78, 5) is 6.52. The molecule has 0 saturated carbocycles. The van der Waals surface area contributed by atoms with Gasteiger partial charge in [-0.25, -0.2) is 0 Å². The number of aromatic nitrogens is 2. The van der Waals surface area contributed by atoms with Gasteiger partial charge < -0.3 is 9.26 Å². The van der Waals surface area contributed by atoms with Gasteiger partial charge in [0, 0.05) is 13.0 Å². The van der Waals surface area contributed by atoms with Crippen molar-refractivity contribution in [2.75, 3.05) is 14.2 Å². The van der Waals surface area contributed by atoms with E-state index < -0.39 is 0 Å². The van der Waals surface area contributed by atoms with Crippen LogP contribution in [0.15, 0.2) is 16.7 Å². The second kappa shape index (κ2) is 6.72. The van der Waals surface area contributed by atoms with Crippen LogP contribution in [0.2, 0.25) is 0 Å². The Hall–Kier alpha value is -1.88. The summed E-state index contributed by atoms with van der Waals surface area (Å²) in [6.07, 6.45) is 0.771. The summed E-state index contributed by atoms with van der Waals surface area (Å²) in [6.45, 7) is 7.74. The minimum absolute atomic E-state index is 0.675. The van der Waals surface area contributed by atoms with Gasteiger partial charge in [-0.05, 0) is 43.7 Å². The van der Waals surface area contributed by atoms with E-state index in [4.69, 9.17) is 9.26 Å². The quantitative estimate of drug-likeness (QED) is 0.818. The molecule has 114 valence electrons. The van der Waals surface area contributed by atoms with E-state index >= 15 is 0 Å². The summed E-state index contributed by atoms with van der Waals surface area (Å²) in [5.41, 5.74) is 3.75. The molecule has 5 nitrogen and oxygen atoms in total. The summed E-state index contributed by atoms with van der Waals surface area (Å²) in [7, 11) is 3.76. The van der Waals surface area contributed by atoms with E-state index in [-0.39, 0.29) is 0 Å². The molecule has 5 heteroatoms. The zero-order valence-electron chi connectivity index (χ0n) is 13.4. The molecule has 1 heterocycles. The summed E-state index contributed by atoms with van der Waals surface area (Å²) in [5.74, 6) is 2.36. The van der Waals surface area contributed by atoms with Crippen molar-refractivity contribution < 1.29 is 9.26 Å². The average molecular weight is 289 g/mol. The van der Waals surface area contributed by atoms with Crippen molar-refractivity contribution in [2.24, 2.45) is 0 Å². The molecule has 21 heavy (non-hydrogen) atoms. The van der Waals surface area contributed by atoms with Crippen LogP contribution in [-0.4, -0.2) is 29.2 Å². The Morgan fingerprint density at radius 1 is 1.19 bits per heavy atom. The van der Waals surface area contributed by atoms with Gasteiger partial charge in [0.2, 0.25) is 5.89 Å². The number of aryl methyl sites for hydroxylation is 1. The Kier molecular flexibility index (Phi) is 4.96. The van der Waals surface area contributed by atoms with E-state index in [1.807, 2.05) is 13.0 Å². The Bertz CT molecular complexity index is 608. The monoisotopic (exact) mass is 289 g/mol. The molecule has 2 aromatic rings. The smallest absolute Gasteiger partial charge is 0.226 e. The summed E-state index contributed by atoms with van der Waals surface area (Å²) in [5, 5.41) is 3.99. The highest BCUT2D eigenvalue weighted by Gasteiger charge is 2.11. The van der Waals surface area contributed by atoms with E-state index in [1.54, 1.807) is 7.11 Å². The lowest BCUT2D eigenvalue weighted by Gasteiger charge is -2.18. The first kappa shape index (κ1) is 15.5. The molecule has 0 saturated heterocycles. The maximum absolute atomic E-state index is 5.35. The van der Waals surface area contributed by atoms with Crippen LogP contribution in [0.1, 0.15) is 35.3 Å². The molecule has 1 aromatic heterocycles. The molecule has 0 radical (unpaired) electrons. The first-order chi connectivity index (χ1) is 10.0. The fourth-order valence-corrected chi connectivity index (χ4v) is 2.33. The highest BCUT2D eigenvalue weighted by molar-refractivity contribution is 5.43. The third-order valence-corrected chi connectivity index (χ3v) is 3.73. The van der Waals surface area contributed by atoms with Crippen LogP contribution in [0.25, 0.3) is 0 Å². The van der Waals surface area contributed by atoms with Gasteiger partial charge in [0.15, 0.2) is 5.82 Å². The van der Waals surface area contributed by atoms with Crippen molar-refractivity contribution in [1.82, 2.24) is 15.0 Å². The molecule has 0 bridgehead atoms. The number of rotatable bonds is 6. The molecular formula is C16H23N3O2. The molecule has 0 N–H and O–H groups in total. The lowest BCUT2D eigenvalue weighted by Crippen LogP contribution is -2.19. The predicted molar refractivity (Wildman–Crippen MR) is 81.3 cm³/mol. The summed E-state index contributed by atoms with van der Waals surface area (Å²) in [6, 6.07) is 4.14. The maximum Gasteiger partial charge on any atom is 0.226 e. The van der Waals surface area contributed by atoms with Crippen molar-refractivity contribution in [1.29, 1.82) is 0 Å². The van der Waals surface area contributed by atoms with Crippen LogP contribution < -0.4 is 4.74 Å². The molecule has 0 fully saturated rings. The van der Waals surface area contributed by atoms with Crippen molar-refractivity contribution in [3.63, 3.8) is 0 Å². The number of hydrogen-bond donors (Lipinski definition) is 0. The largest absolute Gasteiger partial charge is 0.496 e. The van der Waals surface area contributed by atoms with E-state index in [9.17, 15) is 0 Å². The van der Waals surface area contributed by atoms with Gasteiger partial charge in [0.05, 0.1) is 13.7 Å². The Balaban J connectivity index is 2.05. The van der Waals surface area contributed by atoms with E-state index in [0.29, 0.717) is 12.4 Å². The van der Waals surface area contributed by atoms with Crippen molar-refractivity contribution in [3.8, 4) is 5.75 Å². The average Bonchev–Trinajstić information content (AvgIpc) is 2.91. The van der Waals surface area contributed by atoms with Gasteiger partial charge in [-0.15, -0.1) is 0 Å². The van der Waals surface area contributed by atoms with Crippen LogP contribution in [0.5, 0.6) is 5.75 Å². The zero-order valence-corrected chi connectivity index (χ0v) is 13.4. The molecule has 0 aliphatic heterocycles. The van der Waals surface area contributed by atoms with Crippen LogP contribution in [0, 0.1) is 13.8 Å². The van der Waals surface area contributed by atoms with Gasteiger partial charge in [-0.2, -0.15) is 4.98 Å². The normalized spacial score (nSPS) is 11.1. The highest BCUT2D eigenvalue weighted by atomic mass is 16.5. The fraction of sp³-hybridized carbons (Fsp3) is 0.500.